The Morgan fingerprint density at radius 2 is 2.00 bits per heavy atom. The van der Waals surface area contributed by atoms with Crippen molar-refractivity contribution in [2.24, 2.45) is 11.3 Å². The Balaban J connectivity index is 1.90. The van der Waals surface area contributed by atoms with Gasteiger partial charge in [0.15, 0.2) is 0 Å². The van der Waals surface area contributed by atoms with Crippen molar-refractivity contribution in [1.82, 2.24) is 5.32 Å². The zero-order chi connectivity index (χ0) is 14.6. The lowest BCUT2D eigenvalue weighted by molar-refractivity contribution is 0.223. The molecule has 1 N–H and O–H groups in total. The van der Waals surface area contributed by atoms with Gasteiger partial charge in [0, 0.05) is 23.7 Å². The van der Waals surface area contributed by atoms with Gasteiger partial charge >= 0.3 is 0 Å². The minimum atomic E-state index is -0.214. The molecular weight excluding hydrogens is 273 g/mol. The Bertz CT molecular complexity index is 439. The molecule has 0 aliphatic heterocycles. The van der Waals surface area contributed by atoms with Crippen molar-refractivity contribution in [1.29, 1.82) is 0 Å². The molecule has 0 radical (unpaired) electrons. The van der Waals surface area contributed by atoms with Crippen LogP contribution in [0.3, 0.4) is 0 Å². The van der Waals surface area contributed by atoms with Crippen LogP contribution in [0.15, 0.2) is 18.2 Å². The molecule has 0 aromatic heterocycles. The third kappa shape index (κ3) is 4.20. The third-order valence-corrected chi connectivity index (χ3v) is 4.57. The van der Waals surface area contributed by atoms with Crippen LogP contribution in [0, 0.1) is 17.2 Å². The van der Waals surface area contributed by atoms with E-state index >= 15 is 0 Å². The summed E-state index contributed by atoms with van der Waals surface area (Å²) in [5.41, 5.74) is 1.13. The topological polar surface area (TPSA) is 12.0 Å². The minimum Gasteiger partial charge on any atom is -0.312 e. The van der Waals surface area contributed by atoms with Crippen LogP contribution >= 0.6 is 11.6 Å². The lowest BCUT2D eigenvalue weighted by Crippen LogP contribution is -2.33. The number of halogens is 2. The minimum absolute atomic E-state index is 0.214. The maximum absolute atomic E-state index is 13.7. The maximum Gasteiger partial charge on any atom is 0.129 e. The lowest BCUT2D eigenvalue weighted by atomic mass is 9.78. The zero-order valence-corrected chi connectivity index (χ0v) is 13.3. The van der Waals surface area contributed by atoms with Crippen LogP contribution in [0.4, 0.5) is 4.39 Å². The lowest BCUT2D eigenvalue weighted by Gasteiger charge is -2.31. The van der Waals surface area contributed by atoms with E-state index in [2.05, 4.69) is 19.2 Å². The number of rotatable bonds is 6. The van der Waals surface area contributed by atoms with Gasteiger partial charge in [-0.05, 0) is 42.7 Å². The summed E-state index contributed by atoms with van der Waals surface area (Å²) in [6, 6.07) is 4.91. The third-order valence-electron chi connectivity index (χ3n) is 4.34. The summed E-state index contributed by atoms with van der Waals surface area (Å²) in [5, 5.41) is 3.92. The molecule has 0 spiro atoms. The van der Waals surface area contributed by atoms with E-state index in [0.717, 1.165) is 12.5 Å². The summed E-state index contributed by atoms with van der Waals surface area (Å²) < 4.78 is 13.7. The fraction of sp³-hybridized carbons (Fsp3) is 0.647. The predicted molar refractivity (Wildman–Crippen MR) is 83.5 cm³/mol. The zero-order valence-electron chi connectivity index (χ0n) is 12.5. The van der Waals surface area contributed by atoms with Gasteiger partial charge in [0.05, 0.1) is 0 Å². The molecule has 1 aliphatic carbocycles. The largest absolute Gasteiger partial charge is 0.312 e. The standard InChI is InChI=1S/C17H25ClFN/c1-13(2)10-17(7-3-4-8-17)12-20-11-14-5-6-15(18)9-16(14)19/h5-6,9,13,20H,3-4,7-8,10-12H2,1-2H3. The SMILES string of the molecule is CC(C)CC1(CNCc2ccc(Cl)cc2F)CCCC1. The highest BCUT2D eigenvalue weighted by molar-refractivity contribution is 6.30. The van der Waals surface area contributed by atoms with Crippen molar-refractivity contribution in [3.8, 4) is 0 Å². The summed E-state index contributed by atoms with van der Waals surface area (Å²) in [4.78, 5) is 0. The van der Waals surface area contributed by atoms with E-state index in [-0.39, 0.29) is 5.82 Å². The van der Waals surface area contributed by atoms with E-state index in [1.54, 1.807) is 12.1 Å². The number of hydrogen-bond acceptors (Lipinski definition) is 1. The molecule has 1 fully saturated rings. The van der Waals surface area contributed by atoms with Crippen LogP contribution in [-0.2, 0) is 6.54 Å². The fourth-order valence-electron chi connectivity index (χ4n) is 3.57. The van der Waals surface area contributed by atoms with Gasteiger partial charge in [0.25, 0.3) is 0 Å². The van der Waals surface area contributed by atoms with Gasteiger partial charge in [-0.15, -0.1) is 0 Å². The first-order valence-corrected chi connectivity index (χ1v) is 8.03. The molecule has 3 heteroatoms. The van der Waals surface area contributed by atoms with Gasteiger partial charge < -0.3 is 5.32 Å². The van der Waals surface area contributed by atoms with Gasteiger partial charge in [-0.25, -0.2) is 4.39 Å². The van der Waals surface area contributed by atoms with E-state index in [0.29, 0.717) is 22.5 Å². The molecule has 1 aromatic rings. The van der Waals surface area contributed by atoms with E-state index < -0.39 is 0 Å². The smallest absolute Gasteiger partial charge is 0.129 e. The average molecular weight is 298 g/mol. The van der Waals surface area contributed by atoms with Gasteiger partial charge in [-0.3, -0.25) is 0 Å². The van der Waals surface area contributed by atoms with E-state index in [9.17, 15) is 4.39 Å². The second kappa shape index (κ2) is 6.91. The van der Waals surface area contributed by atoms with Crippen LogP contribution in [0.5, 0.6) is 0 Å². The molecular formula is C17H25ClFN. The molecule has 0 bridgehead atoms. The summed E-state index contributed by atoms with van der Waals surface area (Å²) in [5.74, 6) is 0.511. The van der Waals surface area contributed by atoms with Crippen molar-refractivity contribution in [2.75, 3.05) is 6.54 Å². The molecule has 20 heavy (non-hydrogen) atoms. The van der Waals surface area contributed by atoms with Crippen molar-refractivity contribution in [3.63, 3.8) is 0 Å². The summed E-state index contributed by atoms with van der Waals surface area (Å²) in [6.45, 7) is 6.16. The number of nitrogens with one attached hydrogen (secondary N) is 1. The maximum atomic E-state index is 13.7. The van der Waals surface area contributed by atoms with Crippen LogP contribution in [0.1, 0.15) is 51.5 Å². The Labute approximate surface area is 126 Å². The Kier molecular flexibility index (Phi) is 5.45. The van der Waals surface area contributed by atoms with E-state index in [1.807, 2.05) is 0 Å². The van der Waals surface area contributed by atoms with E-state index in [1.165, 1.54) is 38.2 Å². The van der Waals surface area contributed by atoms with Crippen molar-refractivity contribution < 1.29 is 4.39 Å². The first-order valence-electron chi connectivity index (χ1n) is 7.65. The second-order valence-corrected chi connectivity index (χ2v) is 7.08. The Morgan fingerprint density at radius 1 is 1.30 bits per heavy atom. The Hall–Kier alpha value is -0.600. The highest BCUT2D eigenvalue weighted by Gasteiger charge is 2.33. The average Bonchev–Trinajstić information content (AvgIpc) is 2.80. The number of benzene rings is 1. The molecule has 0 unspecified atom stereocenters. The molecule has 112 valence electrons. The molecule has 0 atom stereocenters. The molecule has 1 aromatic carbocycles. The molecule has 0 saturated heterocycles. The summed E-state index contributed by atoms with van der Waals surface area (Å²) in [7, 11) is 0. The first kappa shape index (κ1) is 15.8. The van der Waals surface area contributed by atoms with Crippen LogP contribution in [0.2, 0.25) is 5.02 Å². The first-order chi connectivity index (χ1) is 9.51. The van der Waals surface area contributed by atoms with Crippen LogP contribution < -0.4 is 5.32 Å². The summed E-state index contributed by atoms with van der Waals surface area (Å²) in [6.07, 6.45) is 6.55. The molecule has 1 saturated carbocycles. The van der Waals surface area contributed by atoms with Crippen LogP contribution in [-0.4, -0.2) is 6.54 Å². The van der Waals surface area contributed by atoms with Crippen molar-refractivity contribution in [2.45, 2.75) is 52.5 Å². The molecule has 0 amide bonds. The van der Waals surface area contributed by atoms with E-state index in [4.69, 9.17) is 11.6 Å². The molecule has 2 rings (SSSR count). The quantitative estimate of drug-likeness (QED) is 0.763. The van der Waals surface area contributed by atoms with Crippen molar-refractivity contribution in [3.05, 3.63) is 34.6 Å². The van der Waals surface area contributed by atoms with Crippen molar-refractivity contribution >= 4 is 11.6 Å². The number of hydrogen-bond donors (Lipinski definition) is 1. The fourth-order valence-corrected chi connectivity index (χ4v) is 3.73. The highest BCUT2D eigenvalue weighted by Crippen LogP contribution is 2.42. The van der Waals surface area contributed by atoms with Crippen LogP contribution in [0.25, 0.3) is 0 Å². The predicted octanol–water partition coefficient (Wildman–Crippen LogP) is 5.18. The second-order valence-electron chi connectivity index (χ2n) is 6.64. The van der Waals surface area contributed by atoms with Gasteiger partial charge in [-0.2, -0.15) is 0 Å². The highest BCUT2D eigenvalue weighted by atomic mass is 35.5. The van der Waals surface area contributed by atoms with Gasteiger partial charge in [-0.1, -0.05) is 44.4 Å². The normalized spacial score (nSPS) is 17.9. The molecule has 0 heterocycles. The molecule has 1 aliphatic rings. The van der Waals surface area contributed by atoms with Gasteiger partial charge in [0.1, 0.15) is 5.82 Å². The monoisotopic (exact) mass is 297 g/mol. The van der Waals surface area contributed by atoms with Gasteiger partial charge in [0.2, 0.25) is 0 Å². The summed E-state index contributed by atoms with van der Waals surface area (Å²) >= 11 is 5.77. The molecule has 1 nitrogen and oxygen atoms in total. The Morgan fingerprint density at radius 3 is 2.60 bits per heavy atom.